The molecule has 3 saturated carbocycles. The van der Waals surface area contributed by atoms with Gasteiger partial charge in [0.15, 0.2) is 0 Å². The maximum absolute atomic E-state index is 11.0. The van der Waals surface area contributed by atoms with Crippen LogP contribution < -0.4 is 5.32 Å². The molecule has 0 aliphatic heterocycles. The van der Waals surface area contributed by atoms with Gasteiger partial charge >= 0.3 is 0 Å². The molecule has 0 bridgehead atoms. The molecule has 2 nitrogen and oxygen atoms in total. The van der Waals surface area contributed by atoms with Crippen molar-refractivity contribution in [2.24, 2.45) is 35.0 Å². The van der Waals surface area contributed by atoms with Crippen LogP contribution in [0.1, 0.15) is 53.4 Å². The highest BCUT2D eigenvalue weighted by molar-refractivity contribution is 5.48. The zero-order valence-electron chi connectivity index (χ0n) is 12.2. The second-order valence-electron chi connectivity index (χ2n) is 7.91. The molecule has 0 aromatic heterocycles. The largest absolute Gasteiger partial charge is 0.353 e. The highest BCUT2D eigenvalue weighted by atomic mass is 16.1. The van der Waals surface area contributed by atoms with Crippen molar-refractivity contribution in [3.63, 3.8) is 0 Å². The van der Waals surface area contributed by atoms with Crippen LogP contribution in [0.2, 0.25) is 0 Å². The van der Waals surface area contributed by atoms with Crippen molar-refractivity contribution in [2.45, 2.75) is 58.9 Å². The van der Waals surface area contributed by atoms with Gasteiger partial charge in [-0.2, -0.15) is 0 Å². The summed E-state index contributed by atoms with van der Waals surface area (Å²) in [6, 6.07) is 0. The number of carbonyl (C=O) groups is 1. The second-order valence-corrected chi connectivity index (χ2v) is 7.91. The molecule has 0 radical (unpaired) electrons. The number of carbonyl (C=O) groups excluding carboxylic acids is 1. The molecular formula is C16H27NO. The van der Waals surface area contributed by atoms with Crippen molar-refractivity contribution in [3.05, 3.63) is 0 Å². The summed E-state index contributed by atoms with van der Waals surface area (Å²) in [6.07, 6.45) is 6.06. The molecule has 6 atom stereocenters. The highest BCUT2D eigenvalue weighted by Crippen LogP contribution is 2.71. The van der Waals surface area contributed by atoms with E-state index in [0.717, 1.165) is 30.1 Å². The Morgan fingerprint density at radius 3 is 2.50 bits per heavy atom. The van der Waals surface area contributed by atoms with Gasteiger partial charge in [0, 0.05) is 5.54 Å². The minimum Gasteiger partial charge on any atom is -0.353 e. The summed E-state index contributed by atoms with van der Waals surface area (Å²) < 4.78 is 0. The molecule has 3 rings (SSSR count). The van der Waals surface area contributed by atoms with Gasteiger partial charge in [0.1, 0.15) is 0 Å². The summed E-state index contributed by atoms with van der Waals surface area (Å²) in [4.78, 5) is 11.0. The van der Waals surface area contributed by atoms with Crippen LogP contribution in [0.5, 0.6) is 0 Å². The fraction of sp³-hybridized carbons (Fsp3) is 0.938. The number of fused-ring (bicyclic) bond motifs is 3. The summed E-state index contributed by atoms with van der Waals surface area (Å²) in [5.41, 5.74) is 0.616. The van der Waals surface area contributed by atoms with Gasteiger partial charge in [-0.25, -0.2) is 0 Å². The fourth-order valence-corrected chi connectivity index (χ4v) is 5.63. The number of nitrogens with one attached hydrogen (secondary N) is 1. The lowest BCUT2D eigenvalue weighted by Crippen LogP contribution is -2.49. The predicted molar refractivity (Wildman–Crippen MR) is 73.0 cm³/mol. The molecule has 18 heavy (non-hydrogen) atoms. The van der Waals surface area contributed by atoms with E-state index < -0.39 is 0 Å². The highest BCUT2D eigenvalue weighted by Gasteiger charge is 2.66. The SMILES string of the molecule is C[C@H]1CC[C@@H]2[C@H]1[C@@H]1[C@H](CC[C@@]2(C)NC=O)C1(C)C. The number of amides is 1. The van der Waals surface area contributed by atoms with E-state index in [0.29, 0.717) is 11.3 Å². The predicted octanol–water partition coefficient (Wildman–Crippen LogP) is 3.22. The van der Waals surface area contributed by atoms with E-state index in [4.69, 9.17) is 0 Å². The van der Waals surface area contributed by atoms with E-state index >= 15 is 0 Å². The van der Waals surface area contributed by atoms with Crippen LogP contribution in [-0.2, 0) is 4.79 Å². The van der Waals surface area contributed by atoms with E-state index in [9.17, 15) is 4.79 Å². The van der Waals surface area contributed by atoms with Crippen molar-refractivity contribution < 1.29 is 4.79 Å². The van der Waals surface area contributed by atoms with Crippen LogP contribution >= 0.6 is 0 Å². The van der Waals surface area contributed by atoms with Gasteiger partial charge in [0.05, 0.1) is 0 Å². The standard InChI is InChI=1S/C16H27NO/c1-10-5-6-11-13(10)14-12(15(14,2)3)7-8-16(11,4)17-9-18/h9-14H,5-8H2,1-4H3,(H,17,18)/t10-,11+,12-,13-,14-,16+/m0/s1. The molecule has 2 heteroatoms. The Morgan fingerprint density at radius 1 is 1.11 bits per heavy atom. The van der Waals surface area contributed by atoms with Gasteiger partial charge in [0.2, 0.25) is 6.41 Å². The molecular weight excluding hydrogens is 222 g/mol. The molecule has 0 aromatic rings. The lowest BCUT2D eigenvalue weighted by atomic mass is 9.72. The topological polar surface area (TPSA) is 29.1 Å². The third-order valence-corrected chi connectivity index (χ3v) is 6.79. The van der Waals surface area contributed by atoms with Crippen LogP contribution in [0.15, 0.2) is 0 Å². The summed E-state index contributed by atoms with van der Waals surface area (Å²) in [7, 11) is 0. The minimum atomic E-state index is 0.0562. The van der Waals surface area contributed by atoms with Gasteiger partial charge in [-0.15, -0.1) is 0 Å². The molecule has 102 valence electrons. The van der Waals surface area contributed by atoms with Crippen molar-refractivity contribution in [2.75, 3.05) is 0 Å². The second kappa shape index (κ2) is 3.74. The van der Waals surface area contributed by atoms with Gasteiger partial charge in [-0.05, 0) is 61.2 Å². The smallest absolute Gasteiger partial charge is 0.207 e. The van der Waals surface area contributed by atoms with Crippen molar-refractivity contribution in [3.8, 4) is 0 Å². The third-order valence-electron chi connectivity index (χ3n) is 6.79. The van der Waals surface area contributed by atoms with Gasteiger partial charge in [-0.1, -0.05) is 27.2 Å². The first-order valence-electron chi connectivity index (χ1n) is 7.63. The first-order valence-corrected chi connectivity index (χ1v) is 7.63. The van der Waals surface area contributed by atoms with E-state index in [-0.39, 0.29) is 5.54 Å². The maximum Gasteiger partial charge on any atom is 0.207 e. The lowest BCUT2D eigenvalue weighted by Gasteiger charge is -2.39. The van der Waals surface area contributed by atoms with Crippen LogP contribution in [0.4, 0.5) is 0 Å². The Balaban J connectivity index is 1.92. The summed E-state index contributed by atoms with van der Waals surface area (Å²) >= 11 is 0. The Morgan fingerprint density at radius 2 is 1.83 bits per heavy atom. The monoisotopic (exact) mass is 249 g/mol. The van der Waals surface area contributed by atoms with Crippen molar-refractivity contribution in [1.82, 2.24) is 5.32 Å². The first-order chi connectivity index (χ1) is 8.42. The van der Waals surface area contributed by atoms with Crippen molar-refractivity contribution >= 4 is 6.41 Å². The molecule has 3 aliphatic rings. The van der Waals surface area contributed by atoms with Crippen LogP contribution in [0, 0.1) is 35.0 Å². The van der Waals surface area contributed by atoms with Crippen LogP contribution in [-0.4, -0.2) is 11.9 Å². The zero-order valence-corrected chi connectivity index (χ0v) is 12.2. The Labute approximate surface area is 111 Å². The number of rotatable bonds is 2. The Hall–Kier alpha value is -0.530. The van der Waals surface area contributed by atoms with Crippen molar-refractivity contribution in [1.29, 1.82) is 0 Å². The number of hydrogen-bond donors (Lipinski definition) is 1. The average Bonchev–Trinajstić information content (AvgIpc) is 2.65. The fourth-order valence-electron chi connectivity index (χ4n) is 5.63. The molecule has 1 amide bonds. The first kappa shape index (κ1) is 12.5. The van der Waals surface area contributed by atoms with Gasteiger partial charge < -0.3 is 5.32 Å². The van der Waals surface area contributed by atoms with E-state index in [2.05, 4.69) is 33.0 Å². The molecule has 0 spiro atoms. The summed E-state index contributed by atoms with van der Waals surface area (Å²) in [5.74, 6) is 4.20. The maximum atomic E-state index is 11.0. The van der Waals surface area contributed by atoms with Crippen LogP contribution in [0.25, 0.3) is 0 Å². The minimum absolute atomic E-state index is 0.0562. The Kier molecular flexibility index (Phi) is 2.60. The molecule has 0 unspecified atom stereocenters. The van der Waals surface area contributed by atoms with Gasteiger partial charge in [-0.3, -0.25) is 4.79 Å². The number of hydrogen-bond acceptors (Lipinski definition) is 1. The van der Waals surface area contributed by atoms with E-state index in [1.807, 2.05) is 0 Å². The van der Waals surface area contributed by atoms with E-state index in [1.165, 1.54) is 25.7 Å². The zero-order chi connectivity index (χ0) is 13.1. The lowest BCUT2D eigenvalue weighted by molar-refractivity contribution is -0.112. The van der Waals surface area contributed by atoms with Gasteiger partial charge in [0.25, 0.3) is 0 Å². The molecule has 1 N–H and O–H groups in total. The normalized spacial score (nSPS) is 53.0. The molecule has 3 fully saturated rings. The van der Waals surface area contributed by atoms with E-state index in [1.54, 1.807) is 0 Å². The average molecular weight is 249 g/mol. The summed E-state index contributed by atoms with van der Waals surface area (Å²) in [5, 5.41) is 3.18. The molecule has 0 heterocycles. The molecule has 0 saturated heterocycles. The quantitative estimate of drug-likeness (QED) is 0.748. The van der Waals surface area contributed by atoms with Crippen LogP contribution in [0.3, 0.4) is 0 Å². The molecule has 0 aromatic carbocycles. The Bertz CT molecular complexity index is 364. The molecule has 3 aliphatic carbocycles. The summed E-state index contributed by atoms with van der Waals surface area (Å²) in [6.45, 7) is 9.64. The third kappa shape index (κ3) is 1.50.